The van der Waals surface area contributed by atoms with Gasteiger partial charge in [-0.15, -0.1) is 16.9 Å². The van der Waals surface area contributed by atoms with Crippen molar-refractivity contribution in [3.8, 4) is 11.1 Å². The van der Waals surface area contributed by atoms with Crippen molar-refractivity contribution in [3.63, 3.8) is 0 Å². The summed E-state index contributed by atoms with van der Waals surface area (Å²) < 4.78 is 60.2. The minimum Gasteiger partial charge on any atom is -0.355 e. The molecule has 2 aromatic carbocycles. The number of aliphatic imine (C=N–C) groups is 1. The van der Waals surface area contributed by atoms with Crippen molar-refractivity contribution in [3.05, 3.63) is 72.3 Å². The fourth-order valence-corrected chi connectivity index (χ4v) is 7.59. The van der Waals surface area contributed by atoms with E-state index in [1.807, 2.05) is 18.7 Å². The van der Waals surface area contributed by atoms with E-state index in [-0.39, 0.29) is 53.1 Å². The van der Waals surface area contributed by atoms with Gasteiger partial charge in [0.2, 0.25) is 12.3 Å². The number of benzene rings is 2. The van der Waals surface area contributed by atoms with Crippen LogP contribution in [0.3, 0.4) is 0 Å². The van der Waals surface area contributed by atoms with Gasteiger partial charge in [0.05, 0.1) is 23.5 Å². The summed E-state index contributed by atoms with van der Waals surface area (Å²) in [5.41, 5.74) is -0.117. The second-order valence-corrected chi connectivity index (χ2v) is 11.9. The highest BCUT2D eigenvalue weighted by atomic mass is 32.2. The number of carbonyl (C=O) groups is 1. The van der Waals surface area contributed by atoms with Crippen molar-refractivity contribution >= 4 is 29.2 Å². The van der Waals surface area contributed by atoms with Gasteiger partial charge in [-0.25, -0.2) is 14.1 Å². The third-order valence-electron chi connectivity index (χ3n) is 8.03. The number of aliphatic hydroxyl groups excluding tert-OH is 1. The predicted molar refractivity (Wildman–Crippen MR) is 154 cm³/mol. The monoisotopic (exact) mass is 615 g/mol. The molecule has 3 aliphatic rings. The van der Waals surface area contributed by atoms with Crippen molar-refractivity contribution in [2.24, 2.45) is 4.99 Å². The average molecular weight is 616 g/mol. The number of amidine groups is 1. The predicted octanol–water partition coefficient (Wildman–Crippen LogP) is 4.40. The normalized spacial score (nSPS) is 23.9. The number of aliphatic hydroxyl groups is 1. The molecule has 226 valence electrons. The topological polar surface area (TPSA) is 90.1 Å². The molecule has 0 aliphatic carbocycles. The van der Waals surface area contributed by atoms with Crippen LogP contribution in [-0.4, -0.2) is 85.5 Å². The molecule has 14 heteroatoms. The Morgan fingerprint density at radius 2 is 1.84 bits per heavy atom. The van der Waals surface area contributed by atoms with Crippen molar-refractivity contribution in [1.82, 2.24) is 24.8 Å². The first-order valence-electron chi connectivity index (χ1n) is 13.7. The number of rotatable bonds is 3. The Hall–Kier alpha value is -3.91. The number of hydrogen-bond donors (Lipinski definition) is 1. The zero-order valence-electron chi connectivity index (χ0n) is 23.4. The first-order valence-corrected chi connectivity index (χ1v) is 14.7. The van der Waals surface area contributed by atoms with Gasteiger partial charge in [-0.2, -0.15) is 13.2 Å². The lowest BCUT2D eigenvalue weighted by Gasteiger charge is -2.47. The van der Waals surface area contributed by atoms with E-state index in [1.165, 1.54) is 36.2 Å². The van der Waals surface area contributed by atoms with Gasteiger partial charge in [0.25, 0.3) is 0 Å². The molecule has 4 atom stereocenters. The van der Waals surface area contributed by atoms with Crippen LogP contribution in [0.5, 0.6) is 0 Å². The van der Waals surface area contributed by atoms with E-state index < -0.39 is 23.9 Å². The van der Waals surface area contributed by atoms with Gasteiger partial charge in [0.1, 0.15) is 11.7 Å². The number of hydrogen-bond acceptors (Lipinski definition) is 8. The Morgan fingerprint density at radius 3 is 2.44 bits per heavy atom. The van der Waals surface area contributed by atoms with Crippen LogP contribution in [0.4, 0.5) is 23.2 Å². The highest BCUT2D eigenvalue weighted by Crippen LogP contribution is 2.52. The molecular formula is C29H29F4N7O2S. The first-order chi connectivity index (χ1) is 20.5. The minimum absolute atomic E-state index is 0.0860. The molecule has 9 nitrogen and oxygen atoms in total. The summed E-state index contributed by atoms with van der Waals surface area (Å²) in [4.78, 5) is 22.5. The number of halogens is 4. The standard InChI is InChI=1S/C29H29F4N7O2S/c1-4-23(41)40-16(2)12-37(13-17(40)3)27-21-11-22(29(31,32)33)24(18-5-7-19(30)8-6-18)26-25(21)38(28(42)35-27)14-20(15-43-26)39-10-9-34-36-39/h4-11,16-17,20,28,42H,1,12-15H2,2-3H3/t16-,17+,20?,28?. The van der Waals surface area contributed by atoms with Gasteiger partial charge in [0.15, 0.2) is 0 Å². The van der Waals surface area contributed by atoms with Gasteiger partial charge in [-0.1, -0.05) is 23.9 Å². The van der Waals surface area contributed by atoms with Crippen molar-refractivity contribution in [2.45, 2.75) is 49.4 Å². The van der Waals surface area contributed by atoms with Gasteiger partial charge < -0.3 is 19.8 Å². The van der Waals surface area contributed by atoms with E-state index in [1.54, 1.807) is 20.7 Å². The first kappa shape index (κ1) is 29.2. The third kappa shape index (κ3) is 5.16. The molecule has 0 saturated carbocycles. The fraction of sp³-hybridized carbons (Fsp3) is 0.379. The van der Waals surface area contributed by atoms with E-state index in [9.17, 15) is 27.5 Å². The molecule has 6 rings (SSSR count). The molecule has 1 saturated heterocycles. The summed E-state index contributed by atoms with van der Waals surface area (Å²) in [6.45, 7) is 8.08. The summed E-state index contributed by atoms with van der Waals surface area (Å²) in [5, 5.41) is 19.4. The van der Waals surface area contributed by atoms with Gasteiger partial charge in [0, 0.05) is 59.7 Å². The van der Waals surface area contributed by atoms with Crippen molar-refractivity contribution in [1.29, 1.82) is 0 Å². The molecule has 0 spiro atoms. The molecule has 2 unspecified atom stereocenters. The van der Waals surface area contributed by atoms with E-state index in [2.05, 4.69) is 21.9 Å². The second kappa shape index (κ2) is 11.0. The zero-order valence-corrected chi connectivity index (χ0v) is 24.2. The van der Waals surface area contributed by atoms with Crippen LogP contribution < -0.4 is 4.90 Å². The maximum atomic E-state index is 14.9. The van der Waals surface area contributed by atoms with E-state index >= 15 is 0 Å². The van der Waals surface area contributed by atoms with E-state index in [0.29, 0.717) is 29.4 Å². The van der Waals surface area contributed by atoms with Crippen LogP contribution in [0, 0.1) is 5.82 Å². The van der Waals surface area contributed by atoms with E-state index in [0.717, 1.165) is 18.2 Å². The molecule has 4 heterocycles. The molecule has 3 aromatic rings. The Labute approximate surface area is 249 Å². The maximum absolute atomic E-state index is 14.9. The summed E-state index contributed by atoms with van der Waals surface area (Å²) in [6, 6.07) is 5.09. The SMILES string of the molecule is C=CC(=O)N1[C@H](C)CN(C2=NC(O)N3CC(n4ccnn4)CSc4c(-c5ccc(F)cc5)c(C(F)(F)F)cc2c43)C[C@@H]1C. The van der Waals surface area contributed by atoms with Crippen molar-refractivity contribution < 1.29 is 27.5 Å². The number of amides is 1. The van der Waals surface area contributed by atoms with Crippen LogP contribution in [0.1, 0.15) is 31.0 Å². The summed E-state index contributed by atoms with van der Waals surface area (Å²) in [5.74, 6) is -0.242. The molecular weight excluding hydrogens is 586 g/mol. The highest BCUT2D eigenvalue weighted by Gasteiger charge is 2.44. The Morgan fingerprint density at radius 1 is 1.14 bits per heavy atom. The quantitative estimate of drug-likeness (QED) is 0.345. The molecule has 1 N–H and O–H groups in total. The van der Waals surface area contributed by atoms with Crippen LogP contribution in [-0.2, 0) is 11.0 Å². The summed E-state index contributed by atoms with van der Waals surface area (Å²) >= 11 is 1.23. The van der Waals surface area contributed by atoms with Crippen LogP contribution in [0.2, 0.25) is 0 Å². The smallest absolute Gasteiger partial charge is 0.355 e. The number of alkyl halides is 3. The molecule has 1 fully saturated rings. The lowest BCUT2D eigenvalue weighted by atomic mass is 9.93. The molecule has 1 amide bonds. The third-order valence-corrected chi connectivity index (χ3v) is 9.27. The van der Waals surface area contributed by atoms with Gasteiger partial charge in [-0.05, 0) is 43.7 Å². The Bertz CT molecular complexity index is 1570. The lowest BCUT2D eigenvalue weighted by Crippen LogP contribution is -2.60. The van der Waals surface area contributed by atoms with Gasteiger partial charge >= 0.3 is 6.18 Å². The second-order valence-electron chi connectivity index (χ2n) is 10.9. The summed E-state index contributed by atoms with van der Waals surface area (Å²) in [7, 11) is 0. The number of thioether (sulfide) groups is 1. The number of piperazine rings is 1. The number of anilines is 1. The average Bonchev–Trinajstić information content (AvgIpc) is 3.42. The number of nitrogens with zero attached hydrogens (tertiary/aromatic N) is 7. The van der Waals surface area contributed by atoms with Crippen molar-refractivity contribution in [2.75, 3.05) is 30.3 Å². The van der Waals surface area contributed by atoms with Crippen LogP contribution in [0.15, 0.2) is 65.3 Å². The van der Waals surface area contributed by atoms with Crippen LogP contribution >= 0.6 is 11.8 Å². The fourth-order valence-electron chi connectivity index (χ4n) is 6.24. The zero-order chi connectivity index (χ0) is 30.6. The number of carbonyl (C=O) groups excluding carboxylic acids is 1. The van der Waals surface area contributed by atoms with E-state index in [4.69, 9.17) is 0 Å². The van der Waals surface area contributed by atoms with Crippen LogP contribution in [0.25, 0.3) is 11.1 Å². The summed E-state index contributed by atoms with van der Waals surface area (Å²) in [6.07, 6.45) is -1.73. The molecule has 0 radical (unpaired) electrons. The molecule has 0 bridgehead atoms. The minimum atomic E-state index is -4.75. The molecule has 1 aromatic heterocycles. The highest BCUT2D eigenvalue weighted by molar-refractivity contribution is 7.99. The Balaban J connectivity index is 1.55. The molecule has 43 heavy (non-hydrogen) atoms. The lowest BCUT2D eigenvalue weighted by molar-refractivity contribution is -0.137. The molecule has 3 aliphatic heterocycles. The Kier molecular flexibility index (Phi) is 7.45. The maximum Gasteiger partial charge on any atom is 0.417 e. The largest absolute Gasteiger partial charge is 0.417 e. The number of aromatic nitrogens is 3. The van der Waals surface area contributed by atoms with Gasteiger partial charge in [-0.3, -0.25) is 4.79 Å².